The van der Waals surface area contributed by atoms with Crippen molar-refractivity contribution in [3.8, 4) is 10.6 Å². The lowest BCUT2D eigenvalue weighted by atomic mass is 9.96. The molecule has 1 aliphatic heterocycles. The predicted molar refractivity (Wildman–Crippen MR) is 151 cm³/mol. The Labute approximate surface area is 225 Å². The molecule has 38 heavy (non-hydrogen) atoms. The van der Waals surface area contributed by atoms with E-state index in [0.29, 0.717) is 24.7 Å². The maximum absolute atomic E-state index is 11.7. The number of nitrogens with one attached hydrogen (secondary N) is 1. The summed E-state index contributed by atoms with van der Waals surface area (Å²) in [4.78, 5) is 20.7. The molecule has 2 N–H and O–H groups in total. The third-order valence-electron chi connectivity index (χ3n) is 7.17. The number of aromatic nitrogens is 4. The highest BCUT2D eigenvalue weighted by atomic mass is 32.2. The Morgan fingerprint density at radius 1 is 1.11 bits per heavy atom. The first-order chi connectivity index (χ1) is 18.1. The molecule has 3 aromatic heterocycles. The number of aliphatic hydroxyl groups is 1. The fourth-order valence-electron chi connectivity index (χ4n) is 4.97. The first kappa shape index (κ1) is 25.1. The number of benzene rings is 1. The molecule has 0 radical (unpaired) electrons. The van der Waals surface area contributed by atoms with Crippen LogP contribution in [0.5, 0.6) is 0 Å². The van der Waals surface area contributed by atoms with Gasteiger partial charge in [0.05, 0.1) is 23.2 Å². The zero-order chi connectivity index (χ0) is 26.7. The van der Waals surface area contributed by atoms with E-state index < -0.39 is 15.4 Å². The highest BCUT2D eigenvalue weighted by molar-refractivity contribution is 7.90. The number of thiazole rings is 1. The molecule has 0 unspecified atom stereocenters. The van der Waals surface area contributed by atoms with Gasteiger partial charge in [0.25, 0.3) is 0 Å². The molecule has 0 atom stereocenters. The van der Waals surface area contributed by atoms with Gasteiger partial charge in [-0.3, -0.25) is 4.98 Å². The van der Waals surface area contributed by atoms with Gasteiger partial charge in [-0.05, 0) is 42.5 Å². The van der Waals surface area contributed by atoms with Gasteiger partial charge in [0.15, 0.2) is 0 Å². The van der Waals surface area contributed by atoms with Crippen molar-refractivity contribution in [2.45, 2.75) is 38.2 Å². The van der Waals surface area contributed by atoms with Crippen LogP contribution < -0.4 is 10.2 Å². The van der Waals surface area contributed by atoms with Crippen LogP contribution in [0.25, 0.3) is 21.5 Å². The normalized spacial score (nSPS) is 17.1. The summed E-state index contributed by atoms with van der Waals surface area (Å²) in [5, 5.41) is 16.2. The van der Waals surface area contributed by atoms with E-state index in [1.165, 1.54) is 17.6 Å². The van der Waals surface area contributed by atoms with E-state index in [4.69, 9.17) is 4.98 Å². The fourth-order valence-corrected chi connectivity index (χ4v) is 6.84. The van der Waals surface area contributed by atoms with Gasteiger partial charge in [-0.2, -0.15) is 0 Å². The summed E-state index contributed by atoms with van der Waals surface area (Å²) in [6.45, 7) is 5.71. The van der Waals surface area contributed by atoms with Gasteiger partial charge in [-0.1, -0.05) is 31.3 Å². The third-order valence-corrected chi connectivity index (χ3v) is 9.21. The van der Waals surface area contributed by atoms with Crippen LogP contribution >= 0.6 is 11.3 Å². The minimum atomic E-state index is -2.98. The van der Waals surface area contributed by atoms with Gasteiger partial charge in [0.1, 0.15) is 25.4 Å². The van der Waals surface area contributed by atoms with Crippen LogP contribution in [0.2, 0.25) is 0 Å². The molecule has 1 saturated carbocycles. The number of hydrogen-bond acceptors (Lipinski definition) is 10. The lowest BCUT2D eigenvalue weighted by Gasteiger charge is -2.41. The van der Waals surface area contributed by atoms with Gasteiger partial charge < -0.3 is 15.3 Å². The van der Waals surface area contributed by atoms with Crippen molar-refractivity contribution >= 4 is 48.7 Å². The molecule has 1 saturated heterocycles. The number of nitrogens with zero attached hydrogens (tertiary/aromatic N) is 5. The minimum Gasteiger partial charge on any atom is -0.384 e. The summed E-state index contributed by atoms with van der Waals surface area (Å²) >= 11 is 1.49. The fraction of sp³-hybridized carbons (Fsp3) is 0.407. The third kappa shape index (κ3) is 4.97. The molecule has 1 aliphatic carbocycles. The number of rotatable bonds is 8. The molecule has 4 aromatic rings. The Morgan fingerprint density at radius 2 is 1.89 bits per heavy atom. The number of sulfone groups is 1. The number of hydrogen-bond donors (Lipinski definition) is 2. The Kier molecular flexibility index (Phi) is 6.12. The van der Waals surface area contributed by atoms with Crippen LogP contribution in [0.15, 0.2) is 42.9 Å². The zero-order valence-electron chi connectivity index (χ0n) is 21.5. The molecule has 198 valence electrons. The quantitative estimate of drug-likeness (QED) is 0.327. The first-order valence-corrected chi connectivity index (χ1v) is 15.6. The van der Waals surface area contributed by atoms with Crippen molar-refractivity contribution < 1.29 is 13.5 Å². The van der Waals surface area contributed by atoms with E-state index in [1.54, 1.807) is 12.4 Å². The Hall–Kier alpha value is -3.15. The van der Waals surface area contributed by atoms with Crippen LogP contribution in [-0.4, -0.2) is 58.6 Å². The second-order valence-electron chi connectivity index (χ2n) is 10.8. The average Bonchev–Trinajstić information content (AvgIpc) is 3.43. The second kappa shape index (κ2) is 9.25. The molecule has 11 heteroatoms. The molecule has 1 aromatic carbocycles. The Balaban J connectivity index is 1.23. The van der Waals surface area contributed by atoms with E-state index in [-0.39, 0.29) is 17.6 Å². The number of pyridine rings is 1. The van der Waals surface area contributed by atoms with Crippen molar-refractivity contribution in [3.63, 3.8) is 0 Å². The van der Waals surface area contributed by atoms with Gasteiger partial charge in [-0.15, -0.1) is 0 Å². The van der Waals surface area contributed by atoms with E-state index >= 15 is 0 Å². The maximum atomic E-state index is 11.7. The molecule has 0 spiro atoms. The monoisotopic (exact) mass is 550 g/mol. The smallest absolute Gasteiger partial charge is 0.228 e. The molecule has 2 aliphatic rings. The van der Waals surface area contributed by atoms with Crippen LogP contribution in [0.3, 0.4) is 0 Å². The van der Waals surface area contributed by atoms with Gasteiger partial charge in [-0.25, -0.2) is 23.4 Å². The average molecular weight is 551 g/mol. The Morgan fingerprint density at radius 3 is 2.55 bits per heavy atom. The summed E-state index contributed by atoms with van der Waals surface area (Å²) < 4.78 is 23.3. The number of fused-ring (bicyclic) bond motifs is 1. The van der Waals surface area contributed by atoms with Crippen LogP contribution in [0.1, 0.15) is 43.9 Å². The second-order valence-corrected chi connectivity index (χ2v) is 14.0. The van der Waals surface area contributed by atoms with Crippen molar-refractivity contribution in [3.05, 3.63) is 54.1 Å². The van der Waals surface area contributed by atoms with E-state index in [2.05, 4.69) is 51.1 Å². The molecule has 0 amide bonds. The zero-order valence-corrected chi connectivity index (χ0v) is 23.2. The van der Waals surface area contributed by atoms with E-state index in [0.717, 1.165) is 50.6 Å². The van der Waals surface area contributed by atoms with Crippen molar-refractivity contribution in [2.75, 3.05) is 35.3 Å². The molecule has 0 bridgehead atoms. The maximum Gasteiger partial charge on any atom is 0.228 e. The van der Waals surface area contributed by atoms with Gasteiger partial charge in [0.2, 0.25) is 5.95 Å². The molecule has 4 heterocycles. The summed E-state index contributed by atoms with van der Waals surface area (Å²) in [7, 11) is -2.98. The minimum absolute atomic E-state index is 0.150. The summed E-state index contributed by atoms with van der Waals surface area (Å²) in [5.74, 6) is 1.14. The summed E-state index contributed by atoms with van der Waals surface area (Å²) in [6.07, 6.45) is 8.19. The van der Waals surface area contributed by atoms with Crippen molar-refractivity contribution in [1.29, 1.82) is 0 Å². The topological polar surface area (TPSA) is 121 Å². The van der Waals surface area contributed by atoms with Crippen LogP contribution in [0, 0.1) is 5.92 Å². The molecule has 2 fully saturated rings. The highest BCUT2D eigenvalue weighted by Crippen LogP contribution is 2.44. The van der Waals surface area contributed by atoms with Crippen LogP contribution in [-0.2, 0) is 15.4 Å². The van der Waals surface area contributed by atoms with Crippen molar-refractivity contribution in [2.24, 2.45) is 5.92 Å². The van der Waals surface area contributed by atoms with Gasteiger partial charge >= 0.3 is 0 Å². The van der Waals surface area contributed by atoms with Crippen LogP contribution in [0.4, 0.5) is 16.6 Å². The van der Waals surface area contributed by atoms with E-state index in [1.807, 2.05) is 18.3 Å². The van der Waals surface area contributed by atoms with E-state index in [9.17, 15) is 13.5 Å². The first-order valence-electron chi connectivity index (χ1n) is 12.7. The number of anilines is 3. The highest BCUT2D eigenvalue weighted by Gasteiger charge is 2.43. The Bertz CT molecular complexity index is 1610. The lowest BCUT2D eigenvalue weighted by molar-refractivity contribution is 0.146. The SMILES string of the molecule is CC(C)c1ccc(N2CC(CS(C)(=O)=O)C2)c2cnc(Nc3cnc(-c4ccc(C5(O)CC5)nc4)s3)nc12. The predicted octanol–water partition coefficient (Wildman–Crippen LogP) is 4.48. The lowest BCUT2D eigenvalue weighted by Crippen LogP contribution is -2.49. The molecule has 6 rings (SSSR count). The van der Waals surface area contributed by atoms with Crippen molar-refractivity contribution in [1.82, 2.24) is 19.9 Å². The molecular weight excluding hydrogens is 520 g/mol. The molecular formula is C27H30N6O3S2. The summed E-state index contributed by atoms with van der Waals surface area (Å²) in [6, 6.07) is 8.03. The standard InChI is InChI=1S/C27H30N6O3S2/c1-16(2)19-5-6-21(33-13-17(14-33)15-38(3,35)36)20-11-30-26(32-24(19)20)31-23-12-29-25(37-23)18-4-7-22(28-10-18)27(34)8-9-27/h4-7,10-12,16-17,34H,8-9,13-15H2,1-3H3,(H,30,31,32). The molecule has 9 nitrogen and oxygen atoms in total. The van der Waals surface area contributed by atoms with Gasteiger partial charge in [0, 0.05) is 54.3 Å². The largest absolute Gasteiger partial charge is 0.384 e. The summed E-state index contributed by atoms with van der Waals surface area (Å²) in [5.41, 5.74) is 3.92.